The number of nitrogens with zero attached hydrogens (tertiary/aromatic N) is 3. The Morgan fingerprint density at radius 3 is 2.50 bits per heavy atom. The number of carbonyl (C=O) groups is 1. The lowest BCUT2D eigenvalue weighted by molar-refractivity contribution is -0.118. The van der Waals surface area contributed by atoms with E-state index in [2.05, 4.69) is 16.0 Å². The van der Waals surface area contributed by atoms with Gasteiger partial charge in [0.25, 0.3) is 0 Å². The summed E-state index contributed by atoms with van der Waals surface area (Å²) >= 11 is 1.43. The zero-order chi connectivity index (χ0) is 22.7. The number of thiazole rings is 1. The van der Waals surface area contributed by atoms with E-state index in [-0.39, 0.29) is 29.5 Å². The Balaban J connectivity index is 1.63. The van der Waals surface area contributed by atoms with Crippen LogP contribution in [0.1, 0.15) is 23.1 Å². The predicted molar refractivity (Wildman–Crippen MR) is 128 cm³/mol. The molecule has 1 amide bonds. The molecule has 0 aliphatic rings. The molecule has 8 heteroatoms. The van der Waals surface area contributed by atoms with Gasteiger partial charge in [0.05, 0.1) is 27.4 Å². The van der Waals surface area contributed by atoms with Crippen LogP contribution in [0, 0.1) is 13.8 Å². The van der Waals surface area contributed by atoms with Gasteiger partial charge in [0, 0.05) is 18.8 Å². The largest absolute Gasteiger partial charge is 0.284 e. The van der Waals surface area contributed by atoms with Crippen LogP contribution in [0.25, 0.3) is 10.2 Å². The monoisotopic (exact) mass is 465 g/mol. The first-order chi connectivity index (χ1) is 15.3. The standard InChI is InChI=1S/C24H23N3O3S2/c1-17-13-21-22(14-18(17)2)31-24(26-21)27(16-19-7-6-11-25-15-19)23(28)10-12-32(29,30)20-8-4-3-5-9-20/h3-9,11,13-15H,10,12,16H2,1-2H3. The number of pyridine rings is 1. The number of fused-ring (bicyclic) bond motifs is 1. The van der Waals surface area contributed by atoms with Gasteiger partial charge >= 0.3 is 0 Å². The molecule has 164 valence electrons. The molecule has 0 fully saturated rings. The van der Waals surface area contributed by atoms with Crippen LogP contribution in [0.2, 0.25) is 0 Å². The molecule has 0 atom stereocenters. The molecule has 4 rings (SSSR count). The lowest BCUT2D eigenvalue weighted by atomic mass is 10.1. The summed E-state index contributed by atoms with van der Waals surface area (Å²) in [5.41, 5.74) is 3.97. The van der Waals surface area contributed by atoms with Gasteiger partial charge in [-0.05, 0) is 60.9 Å². The maximum Gasteiger partial charge on any atom is 0.230 e. The first kappa shape index (κ1) is 22.1. The van der Waals surface area contributed by atoms with Gasteiger partial charge in [0.15, 0.2) is 15.0 Å². The molecular formula is C24H23N3O3S2. The summed E-state index contributed by atoms with van der Waals surface area (Å²) < 4.78 is 26.3. The normalized spacial score (nSPS) is 11.6. The van der Waals surface area contributed by atoms with Crippen molar-refractivity contribution in [1.82, 2.24) is 9.97 Å². The third-order valence-corrected chi connectivity index (χ3v) is 8.05. The molecule has 0 aliphatic heterocycles. The molecular weight excluding hydrogens is 442 g/mol. The topological polar surface area (TPSA) is 80.2 Å². The maximum absolute atomic E-state index is 13.2. The van der Waals surface area contributed by atoms with Crippen molar-refractivity contribution in [3.8, 4) is 0 Å². The summed E-state index contributed by atoms with van der Waals surface area (Å²) in [6.45, 7) is 4.35. The fraction of sp³-hybridized carbons (Fsp3) is 0.208. The Kier molecular flexibility index (Phi) is 6.34. The van der Waals surface area contributed by atoms with Crippen LogP contribution in [0.5, 0.6) is 0 Å². The van der Waals surface area contributed by atoms with Gasteiger partial charge in [-0.25, -0.2) is 13.4 Å². The Bertz CT molecular complexity index is 1310. The van der Waals surface area contributed by atoms with Gasteiger partial charge < -0.3 is 0 Å². The summed E-state index contributed by atoms with van der Waals surface area (Å²) in [6, 6.07) is 16.0. The molecule has 0 unspecified atom stereocenters. The second-order valence-corrected chi connectivity index (χ2v) is 10.7. The minimum Gasteiger partial charge on any atom is -0.284 e. The number of rotatable bonds is 7. The smallest absolute Gasteiger partial charge is 0.230 e. The third-order valence-electron chi connectivity index (χ3n) is 5.28. The van der Waals surface area contributed by atoms with E-state index >= 15 is 0 Å². The van der Waals surface area contributed by atoms with Gasteiger partial charge in [-0.2, -0.15) is 0 Å². The zero-order valence-electron chi connectivity index (χ0n) is 17.9. The molecule has 0 radical (unpaired) electrons. The van der Waals surface area contributed by atoms with E-state index in [0.717, 1.165) is 26.9 Å². The summed E-state index contributed by atoms with van der Waals surface area (Å²) in [5.74, 6) is -0.552. The summed E-state index contributed by atoms with van der Waals surface area (Å²) in [6.07, 6.45) is 3.24. The van der Waals surface area contributed by atoms with E-state index < -0.39 is 9.84 Å². The van der Waals surface area contributed by atoms with E-state index in [0.29, 0.717) is 5.13 Å². The molecule has 4 aromatic rings. The van der Waals surface area contributed by atoms with Gasteiger partial charge in [0.2, 0.25) is 5.91 Å². The van der Waals surface area contributed by atoms with E-state index in [9.17, 15) is 13.2 Å². The molecule has 2 aromatic carbocycles. The van der Waals surface area contributed by atoms with Crippen LogP contribution < -0.4 is 4.90 Å². The lowest BCUT2D eigenvalue weighted by Gasteiger charge is -2.20. The third kappa shape index (κ3) is 4.87. The van der Waals surface area contributed by atoms with Crippen LogP contribution >= 0.6 is 11.3 Å². The highest BCUT2D eigenvalue weighted by atomic mass is 32.2. The van der Waals surface area contributed by atoms with Crippen molar-refractivity contribution < 1.29 is 13.2 Å². The highest BCUT2D eigenvalue weighted by Crippen LogP contribution is 2.32. The molecule has 32 heavy (non-hydrogen) atoms. The first-order valence-corrected chi connectivity index (χ1v) is 12.7. The van der Waals surface area contributed by atoms with Crippen molar-refractivity contribution in [2.45, 2.75) is 31.7 Å². The van der Waals surface area contributed by atoms with Crippen LogP contribution in [0.3, 0.4) is 0 Å². The molecule has 6 nitrogen and oxygen atoms in total. The second-order valence-electron chi connectivity index (χ2n) is 7.62. The molecule has 2 heterocycles. The Morgan fingerprint density at radius 1 is 1.03 bits per heavy atom. The number of sulfone groups is 1. The molecule has 0 saturated carbocycles. The molecule has 0 spiro atoms. The predicted octanol–water partition coefficient (Wildman–Crippen LogP) is 4.71. The minimum atomic E-state index is -3.56. The van der Waals surface area contributed by atoms with Crippen LogP contribution in [0.4, 0.5) is 5.13 Å². The second kappa shape index (κ2) is 9.18. The van der Waals surface area contributed by atoms with E-state index in [1.165, 1.54) is 11.3 Å². The van der Waals surface area contributed by atoms with Crippen LogP contribution in [0.15, 0.2) is 71.9 Å². The highest BCUT2D eigenvalue weighted by Gasteiger charge is 2.23. The van der Waals surface area contributed by atoms with E-state index in [1.807, 2.05) is 32.0 Å². The first-order valence-electron chi connectivity index (χ1n) is 10.2. The number of benzene rings is 2. The van der Waals surface area contributed by atoms with Gasteiger partial charge in [-0.3, -0.25) is 14.7 Å². The zero-order valence-corrected chi connectivity index (χ0v) is 19.5. The summed E-state index contributed by atoms with van der Waals surface area (Å²) in [7, 11) is -3.56. The fourth-order valence-electron chi connectivity index (χ4n) is 3.32. The number of amides is 1. The SMILES string of the molecule is Cc1cc2nc(N(Cc3cccnc3)C(=O)CCS(=O)(=O)c3ccccc3)sc2cc1C. The van der Waals surface area contributed by atoms with Crippen molar-refractivity contribution in [3.05, 3.63) is 83.7 Å². The minimum absolute atomic E-state index is 0.133. The number of anilines is 1. The molecule has 0 saturated heterocycles. The Morgan fingerprint density at radius 2 is 1.78 bits per heavy atom. The van der Waals surface area contributed by atoms with E-state index in [1.54, 1.807) is 47.6 Å². The Labute approximate surface area is 191 Å². The maximum atomic E-state index is 13.2. The van der Waals surface area contributed by atoms with Crippen LogP contribution in [-0.4, -0.2) is 30.0 Å². The quantitative estimate of drug-likeness (QED) is 0.395. The number of hydrogen-bond acceptors (Lipinski definition) is 6. The molecule has 0 N–H and O–H groups in total. The van der Waals surface area contributed by atoms with Crippen molar-refractivity contribution in [2.24, 2.45) is 0 Å². The van der Waals surface area contributed by atoms with Gasteiger partial charge in [-0.1, -0.05) is 35.6 Å². The van der Waals surface area contributed by atoms with Crippen molar-refractivity contribution in [1.29, 1.82) is 0 Å². The van der Waals surface area contributed by atoms with Crippen molar-refractivity contribution in [3.63, 3.8) is 0 Å². The number of aromatic nitrogens is 2. The average Bonchev–Trinajstić information content (AvgIpc) is 3.19. The highest BCUT2D eigenvalue weighted by molar-refractivity contribution is 7.91. The van der Waals surface area contributed by atoms with Crippen molar-refractivity contribution in [2.75, 3.05) is 10.7 Å². The average molecular weight is 466 g/mol. The molecule has 2 aromatic heterocycles. The summed E-state index contributed by atoms with van der Waals surface area (Å²) in [4.78, 5) is 23.8. The Hall–Kier alpha value is -3.10. The number of hydrogen-bond donors (Lipinski definition) is 0. The van der Waals surface area contributed by atoms with Gasteiger partial charge in [0.1, 0.15) is 0 Å². The molecule has 0 bridgehead atoms. The van der Waals surface area contributed by atoms with Crippen molar-refractivity contribution >= 4 is 42.4 Å². The lowest BCUT2D eigenvalue weighted by Crippen LogP contribution is -2.31. The number of carbonyl (C=O) groups excluding carboxylic acids is 1. The number of aryl methyl sites for hydroxylation is 2. The van der Waals surface area contributed by atoms with Crippen LogP contribution in [-0.2, 0) is 21.2 Å². The molecule has 0 aliphatic carbocycles. The van der Waals surface area contributed by atoms with Gasteiger partial charge in [-0.15, -0.1) is 0 Å². The van der Waals surface area contributed by atoms with E-state index in [4.69, 9.17) is 0 Å². The summed E-state index contributed by atoms with van der Waals surface area (Å²) in [5, 5.41) is 0.552. The fourth-order valence-corrected chi connectivity index (χ4v) is 5.64.